The Balaban J connectivity index is 2.12. The number of aryl methyl sites for hydroxylation is 1. The Morgan fingerprint density at radius 3 is 3.06 bits per heavy atom. The number of hydrogen-bond donors (Lipinski definition) is 2. The third kappa shape index (κ3) is 2.48. The van der Waals surface area contributed by atoms with E-state index in [1.807, 2.05) is 7.05 Å². The maximum atomic E-state index is 11.6. The van der Waals surface area contributed by atoms with E-state index in [2.05, 4.69) is 16.7 Å². The highest BCUT2D eigenvalue weighted by atomic mass is 32.1. The van der Waals surface area contributed by atoms with E-state index in [-0.39, 0.29) is 5.91 Å². The van der Waals surface area contributed by atoms with Crippen LogP contribution in [0.1, 0.15) is 28.8 Å². The van der Waals surface area contributed by atoms with Crippen LogP contribution in [-0.4, -0.2) is 19.5 Å². The summed E-state index contributed by atoms with van der Waals surface area (Å²) in [6, 6.07) is 2.22. The molecule has 1 aliphatic rings. The second-order valence-electron chi connectivity index (χ2n) is 4.08. The average molecular weight is 249 g/mol. The van der Waals surface area contributed by atoms with Crippen molar-refractivity contribution in [2.75, 3.05) is 18.9 Å². The van der Waals surface area contributed by atoms with Gasteiger partial charge in [-0.05, 0) is 31.9 Å². The van der Waals surface area contributed by atoms with E-state index in [1.54, 1.807) is 11.3 Å². The highest BCUT2D eigenvalue weighted by molar-refractivity contribution is 7.16. The van der Waals surface area contributed by atoms with Gasteiger partial charge in [0.1, 0.15) is 11.1 Å². The van der Waals surface area contributed by atoms with Crippen molar-refractivity contribution in [2.24, 2.45) is 0 Å². The Labute approximate surface area is 105 Å². The molecule has 1 heterocycles. The lowest BCUT2D eigenvalue weighted by molar-refractivity contribution is -0.116. The number of fused-ring (bicyclic) bond motifs is 1. The molecule has 2 rings (SSSR count). The first-order valence-electron chi connectivity index (χ1n) is 5.75. The van der Waals surface area contributed by atoms with E-state index in [1.165, 1.54) is 4.88 Å². The fraction of sp³-hybridized carbons (Fsp3) is 0.500. The molecule has 5 heteroatoms. The van der Waals surface area contributed by atoms with Crippen molar-refractivity contribution in [1.82, 2.24) is 5.32 Å². The number of nitrogens with zero attached hydrogens (tertiary/aromatic N) is 1. The Bertz CT molecular complexity index is 473. The molecule has 0 saturated heterocycles. The van der Waals surface area contributed by atoms with Gasteiger partial charge in [-0.2, -0.15) is 5.26 Å². The van der Waals surface area contributed by atoms with Crippen molar-refractivity contribution in [3.8, 4) is 6.07 Å². The zero-order chi connectivity index (χ0) is 12.3. The number of carbonyl (C=O) groups excluding carboxylic acids is 1. The van der Waals surface area contributed by atoms with Crippen LogP contribution >= 0.6 is 11.3 Å². The van der Waals surface area contributed by atoms with Gasteiger partial charge in [-0.1, -0.05) is 0 Å². The lowest BCUT2D eigenvalue weighted by Gasteiger charge is -2.03. The summed E-state index contributed by atoms with van der Waals surface area (Å²) < 4.78 is 0. The van der Waals surface area contributed by atoms with Crippen LogP contribution in [0, 0.1) is 11.3 Å². The molecule has 0 aromatic carbocycles. The van der Waals surface area contributed by atoms with Gasteiger partial charge in [-0.25, -0.2) is 0 Å². The molecular formula is C12H15N3OS. The van der Waals surface area contributed by atoms with Gasteiger partial charge in [0.05, 0.1) is 5.56 Å². The van der Waals surface area contributed by atoms with Crippen LogP contribution in [0.4, 0.5) is 5.00 Å². The summed E-state index contributed by atoms with van der Waals surface area (Å²) >= 11 is 1.56. The quantitative estimate of drug-likeness (QED) is 0.853. The Kier molecular flexibility index (Phi) is 3.77. The summed E-state index contributed by atoms with van der Waals surface area (Å²) in [6.07, 6.45) is 3.58. The first-order chi connectivity index (χ1) is 8.26. The largest absolute Gasteiger partial charge is 0.319 e. The molecule has 1 amide bonds. The summed E-state index contributed by atoms with van der Waals surface area (Å²) in [5.41, 5.74) is 1.83. The van der Waals surface area contributed by atoms with E-state index < -0.39 is 0 Å². The van der Waals surface area contributed by atoms with E-state index in [0.29, 0.717) is 18.5 Å². The number of rotatable bonds is 4. The summed E-state index contributed by atoms with van der Waals surface area (Å²) in [5.74, 6) is -0.0317. The maximum absolute atomic E-state index is 11.6. The van der Waals surface area contributed by atoms with Crippen LogP contribution in [0.15, 0.2) is 0 Å². The van der Waals surface area contributed by atoms with Gasteiger partial charge in [0, 0.05) is 17.8 Å². The van der Waals surface area contributed by atoms with Crippen LogP contribution in [0.5, 0.6) is 0 Å². The molecule has 1 aromatic rings. The number of hydrogen-bond acceptors (Lipinski definition) is 4. The number of carbonyl (C=O) groups is 1. The van der Waals surface area contributed by atoms with E-state index in [9.17, 15) is 4.79 Å². The summed E-state index contributed by atoms with van der Waals surface area (Å²) in [6.45, 7) is 0.652. The predicted octanol–water partition coefficient (Wildman–Crippen LogP) is 1.66. The normalized spacial score (nSPS) is 13.2. The molecule has 4 nitrogen and oxygen atoms in total. The first kappa shape index (κ1) is 12.1. The van der Waals surface area contributed by atoms with Crippen molar-refractivity contribution >= 4 is 22.2 Å². The molecule has 0 radical (unpaired) electrons. The van der Waals surface area contributed by atoms with Crippen LogP contribution in [0.2, 0.25) is 0 Å². The molecule has 1 aromatic heterocycles. The summed E-state index contributed by atoms with van der Waals surface area (Å²) in [7, 11) is 1.81. The third-order valence-electron chi connectivity index (χ3n) is 2.89. The zero-order valence-corrected chi connectivity index (χ0v) is 10.6. The lowest BCUT2D eigenvalue weighted by atomic mass is 10.1. The third-order valence-corrected chi connectivity index (χ3v) is 4.10. The smallest absolute Gasteiger partial charge is 0.226 e. The fourth-order valence-electron chi connectivity index (χ4n) is 2.04. The molecule has 0 saturated carbocycles. The highest BCUT2D eigenvalue weighted by Crippen LogP contribution is 2.38. The number of nitrogens with one attached hydrogen (secondary N) is 2. The van der Waals surface area contributed by atoms with Gasteiger partial charge in [0.2, 0.25) is 5.91 Å². The van der Waals surface area contributed by atoms with Crippen LogP contribution < -0.4 is 10.6 Å². The van der Waals surface area contributed by atoms with Gasteiger partial charge in [-0.15, -0.1) is 11.3 Å². The lowest BCUT2D eigenvalue weighted by Crippen LogP contribution is -2.18. The number of anilines is 1. The number of thiophene rings is 1. The maximum Gasteiger partial charge on any atom is 0.226 e. The molecule has 17 heavy (non-hydrogen) atoms. The van der Waals surface area contributed by atoms with Crippen molar-refractivity contribution in [1.29, 1.82) is 5.26 Å². The highest BCUT2D eigenvalue weighted by Gasteiger charge is 2.22. The number of amides is 1. The van der Waals surface area contributed by atoms with Crippen LogP contribution in [0.3, 0.4) is 0 Å². The average Bonchev–Trinajstić information content (AvgIpc) is 2.86. The zero-order valence-electron chi connectivity index (χ0n) is 9.80. The topological polar surface area (TPSA) is 64.9 Å². The SMILES string of the molecule is CNCCC(=O)Nc1sc2c(c1C#N)CCC2. The van der Waals surface area contributed by atoms with Crippen molar-refractivity contribution in [2.45, 2.75) is 25.7 Å². The predicted molar refractivity (Wildman–Crippen MR) is 68.2 cm³/mol. The summed E-state index contributed by atoms with van der Waals surface area (Å²) in [5, 5.41) is 15.7. The van der Waals surface area contributed by atoms with Crippen molar-refractivity contribution in [3.63, 3.8) is 0 Å². The standard InChI is InChI=1S/C12H15N3OS/c1-14-6-5-11(16)15-12-9(7-13)8-3-2-4-10(8)17-12/h14H,2-6H2,1H3,(H,15,16). The molecule has 0 bridgehead atoms. The Hall–Kier alpha value is -1.38. The minimum absolute atomic E-state index is 0.0317. The molecule has 0 aliphatic heterocycles. The Morgan fingerprint density at radius 2 is 2.35 bits per heavy atom. The minimum Gasteiger partial charge on any atom is -0.319 e. The first-order valence-corrected chi connectivity index (χ1v) is 6.57. The van der Waals surface area contributed by atoms with Crippen LogP contribution in [0.25, 0.3) is 0 Å². The number of nitriles is 1. The van der Waals surface area contributed by atoms with Gasteiger partial charge < -0.3 is 10.6 Å². The minimum atomic E-state index is -0.0317. The van der Waals surface area contributed by atoms with E-state index in [4.69, 9.17) is 5.26 Å². The van der Waals surface area contributed by atoms with Gasteiger partial charge in [-0.3, -0.25) is 4.79 Å². The second kappa shape index (κ2) is 5.30. The molecule has 0 atom stereocenters. The van der Waals surface area contributed by atoms with E-state index >= 15 is 0 Å². The molecule has 0 spiro atoms. The second-order valence-corrected chi connectivity index (χ2v) is 5.18. The van der Waals surface area contributed by atoms with Crippen molar-refractivity contribution in [3.05, 3.63) is 16.0 Å². The van der Waals surface area contributed by atoms with Gasteiger partial charge >= 0.3 is 0 Å². The molecule has 1 aliphatic carbocycles. The molecule has 0 fully saturated rings. The van der Waals surface area contributed by atoms with Crippen LogP contribution in [-0.2, 0) is 17.6 Å². The molecular weight excluding hydrogens is 234 g/mol. The molecule has 0 unspecified atom stereocenters. The van der Waals surface area contributed by atoms with Gasteiger partial charge in [0.25, 0.3) is 0 Å². The molecule has 2 N–H and O–H groups in total. The molecule has 90 valence electrons. The Morgan fingerprint density at radius 1 is 1.53 bits per heavy atom. The van der Waals surface area contributed by atoms with Gasteiger partial charge in [0.15, 0.2) is 0 Å². The van der Waals surface area contributed by atoms with Crippen molar-refractivity contribution < 1.29 is 4.79 Å². The van der Waals surface area contributed by atoms with E-state index in [0.717, 1.165) is 29.8 Å². The summed E-state index contributed by atoms with van der Waals surface area (Å²) in [4.78, 5) is 12.9. The fourth-order valence-corrected chi connectivity index (χ4v) is 3.29. The monoisotopic (exact) mass is 249 g/mol.